The average Bonchev–Trinajstić information content (AvgIpc) is 2.57. The molecule has 0 N–H and O–H groups in total. The van der Waals surface area contributed by atoms with E-state index in [4.69, 9.17) is 0 Å². The molecule has 1 rings (SSSR count). The molecule has 1 aromatic heterocycles. The monoisotopic (exact) mass is 384 g/mol. The van der Waals surface area contributed by atoms with E-state index in [2.05, 4.69) is 39.0 Å². The molecule has 0 atom stereocenters. The van der Waals surface area contributed by atoms with Gasteiger partial charge in [-0.25, -0.2) is 0 Å². The Morgan fingerprint density at radius 1 is 0.941 bits per heavy atom. The number of rotatable bonds is 8. The Bertz CT molecular complexity index is 331. The van der Waals surface area contributed by atoms with Gasteiger partial charge in [-0.2, -0.15) is 0 Å². The molecule has 1 aromatic rings. The molecule has 0 aliphatic rings. The molecule has 0 aliphatic heterocycles. The van der Waals surface area contributed by atoms with Gasteiger partial charge in [-0.3, -0.25) is 0 Å². The molecule has 0 aliphatic carbocycles. The maximum atomic E-state index is 2.34. The van der Waals surface area contributed by atoms with E-state index in [9.17, 15) is 0 Å². The quantitative estimate of drug-likeness (QED) is 0.477. The fraction of sp³-hybridized carbons (Fsp3) is 0.714. The topological polar surface area (TPSA) is 0 Å². The Balaban J connectivity index is 2.63. The predicted molar refractivity (Wildman–Crippen MR) is 84.0 cm³/mol. The standard InChI is InChI=1S/C14H24SSe2/c1-5-7-9-16-13-11(3)12(4)15-14(13)17-10-8-6-2/h5-10H2,1-4H3. The first kappa shape index (κ1) is 15.8. The molecule has 0 spiro atoms. The molecule has 1 heterocycles. The van der Waals surface area contributed by atoms with Crippen LogP contribution < -0.4 is 8.24 Å². The van der Waals surface area contributed by atoms with E-state index in [1.807, 2.05) is 0 Å². The van der Waals surface area contributed by atoms with Crippen molar-refractivity contribution in [3.05, 3.63) is 10.4 Å². The molecule has 0 bridgehead atoms. The van der Waals surface area contributed by atoms with Crippen LogP contribution in [0.5, 0.6) is 0 Å². The second-order valence-corrected chi connectivity index (χ2v) is 10.7. The SMILES string of the molecule is CCCC[Se]c1sc(C)c(C)c1[Se]CCCC. The summed E-state index contributed by atoms with van der Waals surface area (Å²) in [5.41, 5.74) is 1.62. The Hall–Kier alpha value is 0.739. The second kappa shape index (κ2) is 8.77. The van der Waals surface area contributed by atoms with Crippen LogP contribution in [-0.4, -0.2) is 29.9 Å². The van der Waals surface area contributed by atoms with Crippen LogP contribution in [0.4, 0.5) is 0 Å². The third-order valence-electron chi connectivity index (χ3n) is 2.78. The van der Waals surface area contributed by atoms with Crippen LogP contribution in [0.1, 0.15) is 50.0 Å². The third kappa shape index (κ3) is 5.09. The third-order valence-corrected chi connectivity index (χ3v) is 10.6. The van der Waals surface area contributed by atoms with Crippen molar-refractivity contribution in [2.45, 2.75) is 64.0 Å². The Kier molecular flexibility index (Phi) is 8.15. The molecule has 0 radical (unpaired) electrons. The molecular formula is C14H24SSe2. The van der Waals surface area contributed by atoms with Gasteiger partial charge in [0.15, 0.2) is 0 Å². The van der Waals surface area contributed by atoms with Crippen molar-refractivity contribution >= 4 is 49.5 Å². The molecule has 0 amide bonds. The van der Waals surface area contributed by atoms with Crippen molar-refractivity contribution in [3.8, 4) is 0 Å². The van der Waals surface area contributed by atoms with Gasteiger partial charge >= 0.3 is 124 Å². The van der Waals surface area contributed by atoms with Gasteiger partial charge in [-0.15, -0.1) is 0 Å². The molecule has 98 valence electrons. The summed E-state index contributed by atoms with van der Waals surface area (Å²) in [5, 5.41) is 2.89. The predicted octanol–water partition coefficient (Wildman–Crippen LogP) is 3.46. The van der Waals surface area contributed by atoms with Crippen LogP contribution in [-0.2, 0) is 0 Å². The molecule has 0 saturated carbocycles. The number of thiophene rings is 1. The van der Waals surface area contributed by atoms with Gasteiger partial charge in [0.1, 0.15) is 0 Å². The fourth-order valence-corrected chi connectivity index (χ4v) is 10.1. The molecule has 0 saturated heterocycles. The molecular weight excluding hydrogens is 358 g/mol. The van der Waals surface area contributed by atoms with E-state index in [1.54, 1.807) is 18.7 Å². The molecule has 0 nitrogen and oxygen atoms in total. The van der Waals surface area contributed by atoms with Gasteiger partial charge < -0.3 is 0 Å². The summed E-state index contributed by atoms with van der Waals surface area (Å²) in [6, 6.07) is 0. The summed E-state index contributed by atoms with van der Waals surface area (Å²) in [7, 11) is 0. The van der Waals surface area contributed by atoms with Gasteiger partial charge in [-0.1, -0.05) is 0 Å². The minimum absolute atomic E-state index is 0.744. The van der Waals surface area contributed by atoms with Crippen molar-refractivity contribution in [1.29, 1.82) is 0 Å². The molecule has 0 unspecified atom stereocenters. The van der Waals surface area contributed by atoms with Gasteiger partial charge in [0.05, 0.1) is 0 Å². The van der Waals surface area contributed by atoms with Gasteiger partial charge in [0.2, 0.25) is 0 Å². The summed E-state index contributed by atoms with van der Waals surface area (Å²) in [6.07, 6.45) is 5.52. The molecule has 0 fully saturated rings. The number of hydrogen-bond donors (Lipinski definition) is 0. The van der Waals surface area contributed by atoms with Crippen LogP contribution in [0.3, 0.4) is 0 Å². The van der Waals surface area contributed by atoms with E-state index in [-0.39, 0.29) is 0 Å². The zero-order valence-electron chi connectivity index (χ0n) is 11.5. The number of aryl methyl sites for hydroxylation is 1. The summed E-state index contributed by atoms with van der Waals surface area (Å²) in [5.74, 6) is 0. The van der Waals surface area contributed by atoms with E-state index in [1.165, 1.54) is 36.3 Å². The zero-order chi connectivity index (χ0) is 12.7. The van der Waals surface area contributed by atoms with Crippen LogP contribution in [0, 0.1) is 13.8 Å². The normalized spacial score (nSPS) is 11.1. The van der Waals surface area contributed by atoms with E-state index in [0.29, 0.717) is 0 Å². The van der Waals surface area contributed by atoms with Crippen molar-refractivity contribution in [1.82, 2.24) is 0 Å². The van der Waals surface area contributed by atoms with Crippen molar-refractivity contribution in [3.63, 3.8) is 0 Å². The first-order chi connectivity index (χ1) is 8.20. The average molecular weight is 382 g/mol. The second-order valence-electron chi connectivity index (χ2n) is 4.30. The van der Waals surface area contributed by atoms with Gasteiger partial charge in [0, 0.05) is 0 Å². The van der Waals surface area contributed by atoms with E-state index < -0.39 is 0 Å². The van der Waals surface area contributed by atoms with Crippen LogP contribution in [0.25, 0.3) is 0 Å². The Morgan fingerprint density at radius 2 is 1.53 bits per heavy atom. The molecule has 3 heteroatoms. The van der Waals surface area contributed by atoms with E-state index in [0.717, 1.165) is 29.9 Å². The number of unbranched alkanes of at least 4 members (excludes halogenated alkanes) is 2. The minimum atomic E-state index is 0.744. The maximum absolute atomic E-state index is 2.34. The fourth-order valence-electron chi connectivity index (χ4n) is 1.46. The Labute approximate surface area is 123 Å². The summed E-state index contributed by atoms with van der Waals surface area (Å²) >= 11 is 3.59. The van der Waals surface area contributed by atoms with Crippen LogP contribution >= 0.6 is 11.3 Å². The summed E-state index contributed by atoms with van der Waals surface area (Å²) < 4.78 is 3.56. The van der Waals surface area contributed by atoms with E-state index >= 15 is 0 Å². The summed E-state index contributed by atoms with van der Waals surface area (Å²) in [4.78, 5) is 1.58. The van der Waals surface area contributed by atoms with Crippen molar-refractivity contribution in [2.75, 3.05) is 0 Å². The van der Waals surface area contributed by atoms with Crippen LogP contribution in [0.15, 0.2) is 0 Å². The first-order valence-electron chi connectivity index (χ1n) is 6.56. The molecule has 17 heavy (non-hydrogen) atoms. The summed E-state index contributed by atoms with van der Waals surface area (Å²) in [6.45, 7) is 9.24. The van der Waals surface area contributed by atoms with Gasteiger partial charge in [-0.05, 0) is 0 Å². The molecule has 0 aromatic carbocycles. The van der Waals surface area contributed by atoms with Gasteiger partial charge in [0.25, 0.3) is 0 Å². The zero-order valence-corrected chi connectivity index (χ0v) is 15.7. The van der Waals surface area contributed by atoms with Crippen molar-refractivity contribution in [2.24, 2.45) is 0 Å². The van der Waals surface area contributed by atoms with Crippen molar-refractivity contribution < 1.29 is 0 Å². The Morgan fingerprint density at radius 3 is 2.12 bits per heavy atom. The first-order valence-corrected chi connectivity index (χ1v) is 11.5. The number of hydrogen-bond acceptors (Lipinski definition) is 1. The van der Waals surface area contributed by atoms with Crippen LogP contribution in [0.2, 0.25) is 10.6 Å².